The summed E-state index contributed by atoms with van der Waals surface area (Å²) in [6, 6.07) is 14.9. The van der Waals surface area contributed by atoms with Crippen LogP contribution in [0.3, 0.4) is 0 Å². The Hall–Kier alpha value is -2.84. The molecule has 0 bridgehead atoms. The Morgan fingerprint density at radius 3 is 2.55 bits per heavy atom. The minimum absolute atomic E-state index is 0.304. The first kappa shape index (κ1) is 22.4. The van der Waals surface area contributed by atoms with Gasteiger partial charge in [0.2, 0.25) is 0 Å². The van der Waals surface area contributed by atoms with Crippen LogP contribution in [-0.2, 0) is 11.3 Å². The predicted molar refractivity (Wildman–Crippen MR) is 116 cm³/mol. The summed E-state index contributed by atoms with van der Waals surface area (Å²) in [5, 5.41) is 4.95. The van der Waals surface area contributed by atoms with Gasteiger partial charge in [0.15, 0.2) is 16.6 Å². The van der Waals surface area contributed by atoms with E-state index >= 15 is 0 Å². The van der Waals surface area contributed by atoms with Gasteiger partial charge in [-0.15, -0.1) is 0 Å². The second kappa shape index (κ2) is 11.9. The highest BCUT2D eigenvalue weighted by Crippen LogP contribution is 2.28. The van der Waals surface area contributed by atoms with Gasteiger partial charge in [-0.1, -0.05) is 30.3 Å². The van der Waals surface area contributed by atoms with Crippen molar-refractivity contribution in [2.75, 3.05) is 34.4 Å². The van der Waals surface area contributed by atoms with Crippen LogP contribution in [0.5, 0.6) is 11.5 Å². The van der Waals surface area contributed by atoms with Crippen molar-refractivity contribution in [2.45, 2.75) is 13.0 Å². The molecule has 8 heteroatoms. The van der Waals surface area contributed by atoms with Crippen molar-refractivity contribution in [2.24, 2.45) is 0 Å². The Kier molecular flexibility index (Phi) is 9.20. The van der Waals surface area contributed by atoms with Crippen molar-refractivity contribution in [1.29, 1.82) is 0 Å². The number of amides is 1. The van der Waals surface area contributed by atoms with E-state index in [0.717, 1.165) is 12.0 Å². The van der Waals surface area contributed by atoms with Crippen LogP contribution in [0, 0.1) is 0 Å². The number of thiocarbonyl (C=S) groups is 1. The van der Waals surface area contributed by atoms with Crippen molar-refractivity contribution in [1.82, 2.24) is 15.8 Å². The molecule has 2 aromatic rings. The Balaban J connectivity index is 1.93. The molecule has 0 spiro atoms. The zero-order chi connectivity index (χ0) is 21.1. The topological polar surface area (TPSA) is 72.1 Å². The number of rotatable bonds is 9. The number of benzene rings is 2. The molecule has 0 aliphatic heterocycles. The van der Waals surface area contributed by atoms with Crippen molar-refractivity contribution in [3.63, 3.8) is 0 Å². The van der Waals surface area contributed by atoms with Crippen LogP contribution in [-0.4, -0.2) is 50.4 Å². The second-order valence-electron chi connectivity index (χ2n) is 6.22. The lowest BCUT2D eigenvalue weighted by atomic mass is 10.2. The first-order chi connectivity index (χ1) is 14.0. The average Bonchev–Trinajstić information content (AvgIpc) is 2.75. The highest BCUT2D eigenvalue weighted by atomic mass is 32.1. The lowest BCUT2D eigenvalue weighted by Crippen LogP contribution is -2.48. The molecule has 156 valence electrons. The summed E-state index contributed by atoms with van der Waals surface area (Å²) >= 11 is 5.26. The van der Waals surface area contributed by atoms with E-state index in [0.29, 0.717) is 41.9 Å². The van der Waals surface area contributed by atoms with E-state index in [1.165, 1.54) is 12.1 Å². The van der Waals surface area contributed by atoms with Gasteiger partial charge in [0.05, 0.1) is 7.11 Å². The minimum Gasteiger partial charge on any atom is -0.493 e. The van der Waals surface area contributed by atoms with Gasteiger partial charge < -0.3 is 19.5 Å². The van der Waals surface area contributed by atoms with Crippen molar-refractivity contribution in [3.05, 3.63) is 59.7 Å². The molecule has 2 N–H and O–H groups in total. The van der Waals surface area contributed by atoms with Crippen LogP contribution < -0.4 is 20.2 Å². The normalized spacial score (nSPS) is 10.2. The van der Waals surface area contributed by atoms with Crippen molar-refractivity contribution >= 4 is 23.2 Å². The zero-order valence-corrected chi connectivity index (χ0v) is 17.8. The van der Waals surface area contributed by atoms with Crippen LogP contribution in [0.1, 0.15) is 22.3 Å². The van der Waals surface area contributed by atoms with E-state index in [1.807, 2.05) is 30.3 Å². The van der Waals surface area contributed by atoms with Crippen molar-refractivity contribution in [3.8, 4) is 11.5 Å². The first-order valence-electron chi connectivity index (χ1n) is 9.21. The Labute approximate surface area is 176 Å². The molecule has 29 heavy (non-hydrogen) atoms. The summed E-state index contributed by atoms with van der Waals surface area (Å²) in [6.45, 7) is 1.72. The predicted octanol–water partition coefficient (Wildman–Crippen LogP) is 2.76. The number of methoxy groups -OCH3 is 2. The highest BCUT2D eigenvalue weighted by molar-refractivity contribution is 7.80. The number of carbonyl (C=O) groups excluding carboxylic acids is 1. The minimum atomic E-state index is -0.304. The van der Waals surface area contributed by atoms with Gasteiger partial charge in [0, 0.05) is 32.9 Å². The summed E-state index contributed by atoms with van der Waals surface area (Å²) in [4.78, 5) is 12.5. The van der Waals surface area contributed by atoms with Crippen LogP contribution in [0.25, 0.3) is 0 Å². The molecular formula is C21H27N3O4S. The summed E-state index contributed by atoms with van der Waals surface area (Å²) in [5.74, 6) is 0.745. The molecule has 0 unspecified atom stereocenters. The summed E-state index contributed by atoms with van der Waals surface area (Å²) in [7, 11) is 4.87. The molecule has 7 nitrogen and oxygen atoms in total. The maximum Gasteiger partial charge on any atom is 0.269 e. The molecule has 0 saturated carbocycles. The average molecular weight is 418 g/mol. The van der Waals surface area contributed by atoms with Crippen LogP contribution in [0.4, 0.5) is 0 Å². The lowest BCUT2D eigenvalue weighted by molar-refractivity contribution is 0.0885. The van der Waals surface area contributed by atoms with Gasteiger partial charge in [-0.2, -0.15) is 0 Å². The zero-order valence-electron chi connectivity index (χ0n) is 16.9. The molecule has 1 amide bonds. The van der Waals surface area contributed by atoms with E-state index in [9.17, 15) is 4.79 Å². The van der Waals surface area contributed by atoms with E-state index < -0.39 is 0 Å². The molecule has 0 radical (unpaired) electrons. The molecule has 0 saturated heterocycles. The fraction of sp³-hybridized carbons (Fsp3) is 0.333. The third-order valence-electron chi connectivity index (χ3n) is 4.04. The fourth-order valence-electron chi connectivity index (χ4n) is 2.46. The van der Waals surface area contributed by atoms with E-state index in [4.69, 9.17) is 26.4 Å². The monoisotopic (exact) mass is 417 g/mol. The standard InChI is InChI=1S/C21H27N3O4S/c1-24(21(29)22-12-7-13-26-2)23-20(25)17-10-11-18(19(14-17)27-3)28-15-16-8-5-4-6-9-16/h4-6,8-11,14H,7,12-13,15H2,1-3H3,(H,22,29)(H,23,25). The van der Waals surface area contributed by atoms with Gasteiger partial charge in [-0.3, -0.25) is 15.2 Å². The largest absolute Gasteiger partial charge is 0.493 e. The fourth-order valence-corrected chi connectivity index (χ4v) is 2.61. The van der Waals surface area contributed by atoms with E-state index in [1.54, 1.807) is 32.4 Å². The Bertz CT molecular complexity index is 802. The molecule has 0 aliphatic rings. The molecule has 0 atom stereocenters. The molecule has 2 aromatic carbocycles. The smallest absolute Gasteiger partial charge is 0.269 e. The maximum absolute atomic E-state index is 12.5. The molecule has 0 aromatic heterocycles. The number of hydrogen-bond donors (Lipinski definition) is 2. The van der Waals surface area contributed by atoms with Crippen molar-refractivity contribution < 1.29 is 19.0 Å². The van der Waals surface area contributed by atoms with Gasteiger partial charge in [-0.25, -0.2) is 0 Å². The SMILES string of the molecule is COCCCNC(=S)N(C)NC(=O)c1ccc(OCc2ccccc2)c(OC)c1. The van der Waals surface area contributed by atoms with Gasteiger partial charge in [-0.05, 0) is 42.4 Å². The summed E-state index contributed by atoms with van der Waals surface area (Å²) in [5.41, 5.74) is 4.21. The molecule has 0 aliphatic carbocycles. The Morgan fingerprint density at radius 1 is 1.10 bits per heavy atom. The first-order valence-corrected chi connectivity index (χ1v) is 9.62. The van der Waals surface area contributed by atoms with E-state index in [2.05, 4.69) is 10.7 Å². The number of carbonyl (C=O) groups is 1. The number of hydrazine groups is 1. The van der Waals surface area contributed by atoms with Gasteiger partial charge >= 0.3 is 0 Å². The van der Waals surface area contributed by atoms with Gasteiger partial charge in [0.25, 0.3) is 5.91 Å². The molecule has 0 fully saturated rings. The summed E-state index contributed by atoms with van der Waals surface area (Å²) < 4.78 is 16.2. The maximum atomic E-state index is 12.5. The third kappa shape index (κ3) is 7.24. The molecule has 0 heterocycles. The number of nitrogens with one attached hydrogen (secondary N) is 2. The van der Waals surface area contributed by atoms with Crippen LogP contribution in [0.2, 0.25) is 0 Å². The quantitative estimate of drug-likeness (QED) is 0.369. The molecule has 2 rings (SSSR count). The lowest BCUT2D eigenvalue weighted by Gasteiger charge is -2.22. The van der Waals surface area contributed by atoms with Crippen LogP contribution in [0.15, 0.2) is 48.5 Å². The summed E-state index contributed by atoms with van der Waals surface area (Å²) in [6.07, 6.45) is 0.820. The van der Waals surface area contributed by atoms with Gasteiger partial charge in [0.1, 0.15) is 6.61 Å². The van der Waals surface area contributed by atoms with E-state index in [-0.39, 0.29) is 5.91 Å². The molecular weight excluding hydrogens is 390 g/mol. The third-order valence-corrected chi connectivity index (χ3v) is 4.46. The number of hydrogen-bond acceptors (Lipinski definition) is 5. The number of nitrogens with zero attached hydrogens (tertiary/aromatic N) is 1. The van der Waals surface area contributed by atoms with Crippen LogP contribution >= 0.6 is 12.2 Å². The Morgan fingerprint density at radius 2 is 1.86 bits per heavy atom. The number of ether oxygens (including phenoxy) is 3. The second-order valence-corrected chi connectivity index (χ2v) is 6.60. The highest BCUT2D eigenvalue weighted by Gasteiger charge is 2.14.